The Hall–Kier alpha value is -2.10. The molecule has 1 heterocycles. The van der Waals surface area contributed by atoms with Gasteiger partial charge >= 0.3 is 0 Å². The van der Waals surface area contributed by atoms with E-state index in [9.17, 15) is 18.0 Å². The quantitative estimate of drug-likeness (QED) is 0.332. The van der Waals surface area contributed by atoms with Crippen molar-refractivity contribution in [1.29, 1.82) is 0 Å². The third-order valence-electron chi connectivity index (χ3n) is 6.48. The number of thioether (sulfide) groups is 1. The molecule has 2 aromatic rings. The number of benzene rings is 1. The normalized spacial score (nSPS) is 14.9. The molecule has 0 saturated heterocycles. The van der Waals surface area contributed by atoms with Crippen LogP contribution in [0.15, 0.2) is 46.7 Å². The second-order valence-corrected chi connectivity index (χ2v) is 12.2. The van der Waals surface area contributed by atoms with Crippen LogP contribution in [0, 0.1) is 0 Å². The highest BCUT2D eigenvalue weighted by atomic mass is 32.2. The first-order chi connectivity index (χ1) is 16.8. The van der Waals surface area contributed by atoms with Crippen LogP contribution in [0.3, 0.4) is 0 Å². The maximum atomic E-state index is 13.3. The number of hydrogen-bond acceptors (Lipinski definition) is 5. The monoisotopic (exact) mass is 519 g/mol. The van der Waals surface area contributed by atoms with Crippen molar-refractivity contribution in [3.05, 3.63) is 52.8 Å². The number of amides is 1. The summed E-state index contributed by atoms with van der Waals surface area (Å²) in [4.78, 5) is 26.3. The number of allylic oxidation sites excluding steroid dienone is 1. The van der Waals surface area contributed by atoms with Crippen LogP contribution < -0.4 is 10.7 Å². The molecule has 192 valence electrons. The zero-order chi connectivity index (χ0) is 25.4. The van der Waals surface area contributed by atoms with Crippen molar-refractivity contribution in [2.45, 2.75) is 69.1 Å². The fraction of sp³-hybridized carbons (Fsp3) is 0.538. The molecule has 3 rings (SSSR count). The van der Waals surface area contributed by atoms with E-state index in [0.717, 1.165) is 17.4 Å². The lowest BCUT2D eigenvalue weighted by Crippen LogP contribution is -2.32. The first-order valence-electron chi connectivity index (χ1n) is 12.5. The highest BCUT2D eigenvalue weighted by Gasteiger charge is 2.23. The Bertz CT molecular complexity index is 1200. The SMILES string of the molecule is C=CCn1cc(C(=O)NCCCSC2CCCCC2)c(=O)c2cc(S(=O)(=O)N(CC)CC)ccc21. The average molecular weight is 520 g/mol. The summed E-state index contributed by atoms with van der Waals surface area (Å²) >= 11 is 1.98. The molecule has 1 aliphatic rings. The summed E-state index contributed by atoms with van der Waals surface area (Å²) in [5.41, 5.74) is 0.108. The van der Waals surface area contributed by atoms with Gasteiger partial charge in [-0.3, -0.25) is 9.59 Å². The predicted octanol–water partition coefficient (Wildman–Crippen LogP) is 4.40. The van der Waals surface area contributed by atoms with E-state index in [0.29, 0.717) is 31.7 Å². The van der Waals surface area contributed by atoms with Crippen LogP contribution in [0.5, 0.6) is 0 Å². The van der Waals surface area contributed by atoms with Gasteiger partial charge in [0.2, 0.25) is 15.5 Å². The first kappa shape index (κ1) is 27.5. The van der Waals surface area contributed by atoms with Gasteiger partial charge in [0, 0.05) is 43.0 Å². The minimum absolute atomic E-state index is 0.0108. The highest BCUT2D eigenvalue weighted by Crippen LogP contribution is 2.28. The van der Waals surface area contributed by atoms with Crippen LogP contribution in [-0.4, -0.2) is 53.8 Å². The van der Waals surface area contributed by atoms with Crippen molar-refractivity contribution in [2.75, 3.05) is 25.4 Å². The number of fused-ring (bicyclic) bond motifs is 1. The van der Waals surface area contributed by atoms with Gasteiger partial charge in [0.05, 0.1) is 10.4 Å². The maximum absolute atomic E-state index is 13.3. The minimum Gasteiger partial charge on any atom is -0.352 e. The number of pyridine rings is 1. The van der Waals surface area contributed by atoms with Gasteiger partial charge in [-0.05, 0) is 43.2 Å². The molecule has 0 radical (unpaired) electrons. The van der Waals surface area contributed by atoms with Gasteiger partial charge in [0.1, 0.15) is 5.56 Å². The van der Waals surface area contributed by atoms with Crippen LogP contribution in [0.25, 0.3) is 10.9 Å². The van der Waals surface area contributed by atoms with Crippen molar-refractivity contribution in [2.24, 2.45) is 0 Å². The van der Waals surface area contributed by atoms with Crippen LogP contribution >= 0.6 is 11.8 Å². The number of nitrogens with zero attached hydrogens (tertiary/aromatic N) is 2. The van der Waals surface area contributed by atoms with Crippen molar-refractivity contribution in [3.8, 4) is 0 Å². The van der Waals surface area contributed by atoms with E-state index in [1.165, 1.54) is 54.7 Å². The fourth-order valence-electron chi connectivity index (χ4n) is 4.55. The van der Waals surface area contributed by atoms with Crippen LogP contribution in [0.4, 0.5) is 0 Å². The van der Waals surface area contributed by atoms with Gasteiger partial charge in [-0.1, -0.05) is 39.2 Å². The molecule has 0 aliphatic heterocycles. The van der Waals surface area contributed by atoms with Gasteiger partial charge in [-0.15, -0.1) is 6.58 Å². The number of nitrogens with one attached hydrogen (secondary N) is 1. The van der Waals surface area contributed by atoms with Gasteiger partial charge in [-0.2, -0.15) is 16.1 Å². The van der Waals surface area contributed by atoms with E-state index in [2.05, 4.69) is 11.9 Å². The first-order valence-corrected chi connectivity index (χ1v) is 15.0. The van der Waals surface area contributed by atoms with Crippen molar-refractivity contribution in [3.63, 3.8) is 0 Å². The number of rotatable bonds is 12. The van der Waals surface area contributed by atoms with E-state index < -0.39 is 21.4 Å². The predicted molar refractivity (Wildman–Crippen MR) is 145 cm³/mol. The molecule has 1 amide bonds. The Labute approximate surface area is 213 Å². The van der Waals surface area contributed by atoms with Crippen LogP contribution in [0.1, 0.15) is 62.7 Å². The number of sulfonamides is 1. The zero-order valence-electron chi connectivity index (χ0n) is 20.8. The van der Waals surface area contributed by atoms with E-state index in [-0.39, 0.29) is 15.8 Å². The summed E-state index contributed by atoms with van der Waals surface area (Å²) in [6.07, 6.45) is 10.6. The summed E-state index contributed by atoms with van der Waals surface area (Å²) in [6, 6.07) is 4.53. The zero-order valence-corrected chi connectivity index (χ0v) is 22.4. The highest BCUT2D eigenvalue weighted by molar-refractivity contribution is 7.99. The number of hydrogen-bond donors (Lipinski definition) is 1. The average Bonchev–Trinajstić information content (AvgIpc) is 2.86. The molecule has 0 bridgehead atoms. The van der Waals surface area contributed by atoms with Gasteiger partial charge in [0.25, 0.3) is 5.91 Å². The lowest BCUT2D eigenvalue weighted by molar-refractivity contribution is 0.0952. The lowest BCUT2D eigenvalue weighted by atomic mass is 10.0. The van der Waals surface area contributed by atoms with Gasteiger partial charge in [0.15, 0.2) is 0 Å². The summed E-state index contributed by atoms with van der Waals surface area (Å²) < 4.78 is 29.1. The molecule has 1 fully saturated rings. The Kier molecular flexibility index (Phi) is 10.0. The molecule has 0 unspecified atom stereocenters. The molecule has 1 aromatic heterocycles. The Morgan fingerprint density at radius 2 is 1.94 bits per heavy atom. The third kappa shape index (κ3) is 6.57. The second kappa shape index (κ2) is 12.7. The van der Waals surface area contributed by atoms with Gasteiger partial charge < -0.3 is 9.88 Å². The molecule has 9 heteroatoms. The second-order valence-electron chi connectivity index (χ2n) is 8.82. The largest absolute Gasteiger partial charge is 0.352 e. The molecular weight excluding hydrogens is 482 g/mol. The standard InChI is InChI=1S/C26H37N3O4S2/c1-4-16-28-19-23(26(31)27-15-10-17-34-20-11-8-7-9-12-20)25(30)22-18-21(13-14-24(22)28)35(32,33)29(5-2)6-3/h4,13-14,18-20H,1,5-12,15-17H2,2-3H3,(H,27,31). The Balaban J connectivity index is 1.82. The maximum Gasteiger partial charge on any atom is 0.256 e. The summed E-state index contributed by atoms with van der Waals surface area (Å²) in [5.74, 6) is 0.546. The molecule has 1 aromatic carbocycles. The molecule has 1 N–H and O–H groups in total. The van der Waals surface area contributed by atoms with E-state index >= 15 is 0 Å². The third-order valence-corrected chi connectivity index (χ3v) is 9.99. The van der Waals surface area contributed by atoms with Gasteiger partial charge in [-0.25, -0.2) is 8.42 Å². The van der Waals surface area contributed by atoms with Crippen LogP contribution in [0.2, 0.25) is 0 Å². The van der Waals surface area contributed by atoms with Crippen molar-refractivity contribution >= 4 is 38.6 Å². The summed E-state index contributed by atoms with van der Waals surface area (Å²) in [6.45, 7) is 8.86. The van der Waals surface area contributed by atoms with Crippen molar-refractivity contribution in [1.82, 2.24) is 14.2 Å². The fourth-order valence-corrected chi connectivity index (χ4v) is 7.35. The Morgan fingerprint density at radius 1 is 1.23 bits per heavy atom. The van der Waals surface area contributed by atoms with E-state index in [4.69, 9.17) is 0 Å². The molecule has 0 spiro atoms. The molecule has 35 heavy (non-hydrogen) atoms. The van der Waals surface area contributed by atoms with Crippen LogP contribution in [-0.2, 0) is 16.6 Å². The topological polar surface area (TPSA) is 88.5 Å². The molecular formula is C26H37N3O4S2. The summed E-state index contributed by atoms with van der Waals surface area (Å²) in [7, 11) is -3.74. The smallest absolute Gasteiger partial charge is 0.256 e. The minimum atomic E-state index is -3.74. The molecule has 1 saturated carbocycles. The van der Waals surface area contributed by atoms with E-state index in [1.54, 1.807) is 30.6 Å². The molecule has 7 nitrogen and oxygen atoms in total. The summed E-state index contributed by atoms with van der Waals surface area (Å²) in [5, 5.41) is 3.81. The Morgan fingerprint density at radius 3 is 2.60 bits per heavy atom. The number of carbonyl (C=O) groups is 1. The lowest BCUT2D eigenvalue weighted by Gasteiger charge is -2.20. The van der Waals surface area contributed by atoms with E-state index in [1.807, 2.05) is 11.8 Å². The molecule has 1 aliphatic carbocycles. The molecule has 0 atom stereocenters. The van der Waals surface area contributed by atoms with Crippen molar-refractivity contribution < 1.29 is 13.2 Å². The number of aromatic nitrogens is 1. The number of carbonyl (C=O) groups excluding carboxylic acids is 1.